The second-order valence-corrected chi connectivity index (χ2v) is 7.48. The monoisotopic (exact) mass is 288 g/mol. The second kappa shape index (κ2) is 7.30. The normalized spacial score (nSPS) is 13.2. The van der Waals surface area contributed by atoms with Crippen LogP contribution in [0, 0.1) is 5.41 Å². The van der Waals surface area contributed by atoms with Gasteiger partial charge in [-0.05, 0) is 46.0 Å². The van der Waals surface area contributed by atoms with Crippen LogP contribution in [0.4, 0.5) is 4.79 Å². The maximum Gasteiger partial charge on any atom is 0.541 e. The van der Waals surface area contributed by atoms with Gasteiger partial charge in [-0.1, -0.05) is 40.5 Å². The molecule has 0 atom stereocenters. The summed E-state index contributed by atoms with van der Waals surface area (Å²) in [6.07, 6.45) is 2.79. The molecule has 120 valence electrons. The molecule has 0 radical (unpaired) electrons. The maximum atomic E-state index is 11.7. The molecule has 0 spiro atoms. The quantitative estimate of drug-likeness (QED) is 0.347. The van der Waals surface area contributed by atoms with Gasteiger partial charge in [-0.25, -0.2) is 4.79 Å². The smallest absolute Gasteiger partial charge is 0.426 e. The summed E-state index contributed by atoms with van der Waals surface area (Å²) < 4.78 is 5.36. The summed E-state index contributed by atoms with van der Waals surface area (Å²) >= 11 is 0. The van der Waals surface area contributed by atoms with Crippen LogP contribution >= 0.6 is 0 Å². The third-order valence-corrected chi connectivity index (χ3v) is 3.41. The van der Waals surface area contributed by atoms with Crippen LogP contribution in [0.25, 0.3) is 0 Å². The number of carbonyl (C=O) groups excluding carboxylic acids is 1. The van der Waals surface area contributed by atoms with E-state index < -0.39 is 17.4 Å². The van der Waals surface area contributed by atoms with Gasteiger partial charge in [-0.3, -0.25) is 4.89 Å². The van der Waals surface area contributed by atoms with E-state index in [1.54, 1.807) is 0 Å². The van der Waals surface area contributed by atoms with Crippen molar-refractivity contribution >= 4 is 6.16 Å². The molecule has 0 saturated heterocycles. The fourth-order valence-electron chi connectivity index (χ4n) is 2.35. The van der Waals surface area contributed by atoms with E-state index in [2.05, 4.69) is 27.7 Å². The Labute approximate surface area is 124 Å². The second-order valence-electron chi connectivity index (χ2n) is 7.48. The molecule has 0 unspecified atom stereocenters. The van der Waals surface area contributed by atoms with Crippen molar-refractivity contribution in [3.8, 4) is 0 Å². The molecule has 0 N–H and O–H groups in total. The predicted octanol–water partition coefficient (Wildman–Crippen LogP) is 5.25. The largest absolute Gasteiger partial charge is 0.541 e. The van der Waals surface area contributed by atoms with Crippen LogP contribution in [-0.2, 0) is 14.5 Å². The molecule has 20 heavy (non-hydrogen) atoms. The summed E-state index contributed by atoms with van der Waals surface area (Å²) in [5, 5.41) is 0. The van der Waals surface area contributed by atoms with Gasteiger partial charge < -0.3 is 4.74 Å². The maximum absolute atomic E-state index is 11.7. The third kappa shape index (κ3) is 8.41. The lowest BCUT2D eigenvalue weighted by atomic mass is 9.80. The number of hydrogen-bond donors (Lipinski definition) is 0. The molecule has 0 heterocycles. The lowest BCUT2D eigenvalue weighted by molar-refractivity contribution is -0.323. The highest BCUT2D eigenvalue weighted by Crippen LogP contribution is 2.33. The molecule has 0 aromatic heterocycles. The van der Waals surface area contributed by atoms with E-state index >= 15 is 0 Å². The van der Waals surface area contributed by atoms with E-state index in [0.717, 1.165) is 25.7 Å². The minimum Gasteiger partial charge on any atom is -0.426 e. The lowest BCUT2D eigenvalue weighted by Crippen LogP contribution is -2.35. The molecule has 0 rings (SSSR count). The average molecular weight is 288 g/mol. The first-order valence-corrected chi connectivity index (χ1v) is 7.52. The molecule has 0 saturated carbocycles. The Morgan fingerprint density at radius 1 is 0.950 bits per heavy atom. The first kappa shape index (κ1) is 19.2. The van der Waals surface area contributed by atoms with Crippen molar-refractivity contribution < 1.29 is 19.3 Å². The highest BCUT2D eigenvalue weighted by atomic mass is 17.2. The highest BCUT2D eigenvalue weighted by Gasteiger charge is 2.32. The van der Waals surface area contributed by atoms with E-state index in [0.29, 0.717) is 0 Å². The van der Waals surface area contributed by atoms with Gasteiger partial charge in [0.1, 0.15) is 11.2 Å². The molecule has 0 aromatic carbocycles. The molecule has 0 fully saturated rings. The molecule has 0 amide bonds. The van der Waals surface area contributed by atoms with E-state index in [9.17, 15) is 4.79 Å². The Balaban J connectivity index is 4.32. The molecular formula is C16H32O4. The zero-order valence-corrected chi connectivity index (χ0v) is 14.5. The van der Waals surface area contributed by atoms with Gasteiger partial charge >= 0.3 is 6.16 Å². The zero-order valence-electron chi connectivity index (χ0n) is 14.5. The van der Waals surface area contributed by atoms with Gasteiger partial charge in [0.05, 0.1) is 0 Å². The summed E-state index contributed by atoms with van der Waals surface area (Å²) in [6, 6.07) is 0. The van der Waals surface area contributed by atoms with Gasteiger partial charge in [0.15, 0.2) is 0 Å². The first-order chi connectivity index (χ1) is 8.93. The standard InChI is InChI=1S/C16H32O4/c1-9-11-15(5,6)20-19-13(17)18-16(7,8)12-14(3,4)10-2/h9-12H2,1-8H3. The van der Waals surface area contributed by atoms with Gasteiger partial charge in [-0.2, -0.15) is 4.89 Å². The Bertz CT molecular complexity index is 306. The van der Waals surface area contributed by atoms with Gasteiger partial charge in [0.25, 0.3) is 0 Å². The molecule has 0 aliphatic heterocycles. The van der Waals surface area contributed by atoms with Gasteiger partial charge in [0, 0.05) is 0 Å². The summed E-state index contributed by atoms with van der Waals surface area (Å²) in [5.74, 6) is 0. The Hall–Kier alpha value is -0.770. The number of carbonyl (C=O) groups is 1. The molecular weight excluding hydrogens is 256 g/mol. The van der Waals surface area contributed by atoms with Crippen molar-refractivity contribution in [2.75, 3.05) is 0 Å². The Morgan fingerprint density at radius 3 is 1.95 bits per heavy atom. The molecule has 0 aliphatic rings. The lowest BCUT2D eigenvalue weighted by Gasteiger charge is -2.33. The van der Waals surface area contributed by atoms with Crippen LogP contribution in [0.3, 0.4) is 0 Å². The number of ether oxygens (including phenoxy) is 1. The number of hydrogen-bond acceptors (Lipinski definition) is 4. The van der Waals surface area contributed by atoms with Crippen molar-refractivity contribution in [1.82, 2.24) is 0 Å². The van der Waals surface area contributed by atoms with Crippen LogP contribution < -0.4 is 0 Å². The minimum absolute atomic E-state index is 0.117. The van der Waals surface area contributed by atoms with Crippen LogP contribution in [0.2, 0.25) is 0 Å². The van der Waals surface area contributed by atoms with Crippen LogP contribution in [0.1, 0.15) is 81.1 Å². The van der Waals surface area contributed by atoms with Crippen LogP contribution in [0.15, 0.2) is 0 Å². The molecule has 4 nitrogen and oxygen atoms in total. The van der Waals surface area contributed by atoms with Crippen molar-refractivity contribution in [2.45, 2.75) is 92.3 Å². The topological polar surface area (TPSA) is 44.8 Å². The summed E-state index contributed by atoms with van der Waals surface area (Å²) in [4.78, 5) is 21.7. The number of rotatable bonds is 8. The van der Waals surface area contributed by atoms with E-state index in [4.69, 9.17) is 14.5 Å². The predicted molar refractivity (Wildman–Crippen MR) is 80.4 cm³/mol. The average Bonchev–Trinajstić information content (AvgIpc) is 2.24. The minimum atomic E-state index is -0.772. The SMILES string of the molecule is CCCC(C)(C)OOC(=O)OC(C)(C)CC(C)(C)CC. The van der Waals surface area contributed by atoms with Crippen LogP contribution in [-0.4, -0.2) is 17.4 Å². The van der Waals surface area contributed by atoms with Gasteiger partial charge in [0.2, 0.25) is 0 Å². The van der Waals surface area contributed by atoms with E-state index in [-0.39, 0.29) is 5.41 Å². The fraction of sp³-hybridized carbons (Fsp3) is 0.938. The molecule has 0 aromatic rings. The zero-order chi connectivity index (χ0) is 16.0. The van der Waals surface area contributed by atoms with Crippen LogP contribution in [0.5, 0.6) is 0 Å². The molecule has 0 bridgehead atoms. The molecule has 4 heteroatoms. The van der Waals surface area contributed by atoms with Crippen molar-refractivity contribution in [2.24, 2.45) is 5.41 Å². The fourth-order valence-corrected chi connectivity index (χ4v) is 2.35. The molecule has 0 aliphatic carbocycles. The highest BCUT2D eigenvalue weighted by molar-refractivity contribution is 5.59. The first-order valence-electron chi connectivity index (χ1n) is 7.52. The van der Waals surface area contributed by atoms with Gasteiger partial charge in [-0.15, -0.1) is 0 Å². The third-order valence-electron chi connectivity index (χ3n) is 3.41. The van der Waals surface area contributed by atoms with E-state index in [1.807, 2.05) is 27.7 Å². The summed E-state index contributed by atoms with van der Waals surface area (Å²) in [5.41, 5.74) is -0.943. The van der Waals surface area contributed by atoms with Crippen molar-refractivity contribution in [1.29, 1.82) is 0 Å². The van der Waals surface area contributed by atoms with Crippen molar-refractivity contribution in [3.63, 3.8) is 0 Å². The summed E-state index contributed by atoms with van der Waals surface area (Å²) in [7, 11) is 0. The van der Waals surface area contributed by atoms with E-state index in [1.165, 1.54) is 0 Å². The Kier molecular flexibility index (Phi) is 7.02. The Morgan fingerprint density at radius 2 is 1.50 bits per heavy atom. The summed E-state index contributed by atoms with van der Waals surface area (Å²) in [6.45, 7) is 16.1. The van der Waals surface area contributed by atoms with Crippen molar-refractivity contribution in [3.05, 3.63) is 0 Å².